The van der Waals surface area contributed by atoms with Crippen LogP contribution in [0.1, 0.15) is 45.4 Å². The molecule has 3 heteroatoms. The molecule has 0 radical (unpaired) electrons. The molecule has 1 saturated heterocycles. The average Bonchev–Trinajstić information content (AvgIpc) is 3.02. The first-order valence-electron chi connectivity index (χ1n) is 6.33. The van der Waals surface area contributed by atoms with Crippen LogP contribution in [0.2, 0.25) is 0 Å². The Kier molecular flexibility index (Phi) is 3.62. The Bertz CT molecular complexity index is 226. The van der Waals surface area contributed by atoms with Crippen LogP contribution in [-0.4, -0.2) is 36.0 Å². The molecular weight excluding hydrogens is 188 g/mol. The Labute approximate surface area is 92.2 Å². The van der Waals surface area contributed by atoms with Gasteiger partial charge >= 0.3 is 0 Å². The molecular formula is C12H22N2O. The van der Waals surface area contributed by atoms with Crippen LogP contribution in [-0.2, 0) is 4.79 Å². The van der Waals surface area contributed by atoms with Gasteiger partial charge in [-0.1, -0.05) is 13.3 Å². The molecule has 3 nitrogen and oxygen atoms in total. The van der Waals surface area contributed by atoms with Gasteiger partial charge in [0.2, 0.25) is 5.91 Å². The summed E-state index contributed by atoms with van der Waals surface area (Å²) in [6.07, 6.45) is 7.41. The summed E-state index contributed by atoms with van der Waals surface area (Å²) in [5.74, 6) is 0.234. The number of hydrogen-bond donors (Lipinski definition) is 1. The van der Waals surface area contributed by atoms with Gasteiger partial charge in [-0.2, -0.15) is 0 Å². The maximum atomic E-state index is 11.7. The molecule has 1 atom stereocenters. The van der Waals surface area contributed by atoms with Crippen molar-refractivity contribution in [3.8, 4) is 0 Å². The van der Waals surface area contributed by atoms with Gasteiger partial charge in [0.1, 0.15) is 0 Å². The molecule has 86 valence electrons. The van der Waals surface area contributed by atoms with Crippen molar-refractivity contribution in [1.29, 1.82) is 0 Å². The van der Waals surface area contributed by atoms with Gasteiger partial charge < -0.3 is 5.32 Å². The molecule has 0 spiro atoms. The minimum atomic E-state index is 0.234. The molecule has 0 aromatic rings. The molecule has 0 bridgehead atoms. The highest BCUT2D eigenvalue weighted by Gasteiger charge is 2.26. The van der Waals surface area contributed by atoms with Gasteiger partial charge in [0.05, 0.1) is 6.54 Å². The summed E-state index contributed by atoms with van der Waals surface area (Å²) < 4.78 is 0. The fourth-order valence-electron chi connectivity index (χ4n) is 2.42. The van der Waals surface area contributed by atoms with Crippen LogP contribution in [0.5, 0.6) is 0 Å². The van der Waals surface area contributed by atoms with Crippen molar-refractivity contribution in [3.05, 3.63) is 0 Å². The number of nitrogens with zero attached hydrogens (tertiary/aromatic N) is 1. The quantitative estimate of drug-likeness (QED) is 0.763. The smallest absolute Gasteiger partial charge is 0.234 e. The summed E-state index contributed by atoms with van der Waals surface area (Å²) in [5, 5.41) is 3.07. The molecule has 0 aromatic heterocycles. The zero-order valence-electron chi connectivity index (χ0n) is 9.67. The maximum Gasteiger partial charge on any atom is 0.234 e. The lowest BCUT2D eigenvalue weighted by molar-refractivity contribution is -0.123. The summed E-state index contributed by atoms with van der Waals surface area (Å²) in [7, 11) is 0. The number of hydrogen-bond acceptors (Lipinski definition) is 2. The normalized spacial score (nSPS) is 27.7. The van der Waals surface area contributed by atoms with Crippen molar-refractivity contribution in [1.82, 2.24) is 10.2 Å². The van der Waals surface area contributed by atoms with E-state index in [0.717, 1.165) is 6.54 Å². The van der Waals surface area contributed by atoms with Crippen molar-refractivity contribution in [2.45, 2.75) is 57.5 Å². The molecule has 1 N–H and O–H groups in total. The minimum Gasteiger partial charge on any atom is -0.352 e. The van der Waals surface area contributed by atoms with E-state index in [0.29, 0.717) is 18.6 Å². The highest BCUT2D eigenvalue weighted by Crippen LogP contribution is 2.20. The summed E-state index contributed by atoms with van der Waals surface area (Å²) in [6.45, 7) is 3.95. The van der Waals surface area contributed by atoms with E-state index in [9.17, 15) is 4.79 Å². The molecule has 1 unspecified atom stereocenters. The number of amides is 1. The Morgan fingerprint density at radius 1 is 1.33 bits per heavy atom. The Balaban J connectivity index is 1.76. The second kappa shape index (κ2) is 4.97. The Morgan fingerprint density at radius 2 is 2.13 bits per heavy atom. The molecule has 1 aliphatic carbocycles. The summed E-state index contributed by atoms with van der Waals surface area (Å²) >= 11 is 0. The molecule has 2 fully saturated rings. The number of carbonyl (C=O) groups excluding carboxylic acids is 1. The summed E-state index contributed by atoms with van der Waals surface area (Å²) in [6, 6.07) is 1.14. The van der Waals surface area contributed by atoms with Gasteiger partial charge in [-0.05, 0) is 38.6 Å². The highest BCUT2D eigenvalue weighted by molar-refractivity contribution is 5.78. The number of carbonyl (C=O) groups is 1. The second-order valence-electron chi connectivity index (χ2n) is 4.87. The van der Waals surface area contributed by atoms with Crippen molar-refractivity contribution in [2.75, 3.05) is 13.1 Å². The van der Waals surface area contributed by atoms with E-state index in [-0.39, 0.29) is 5.91 Å². The number of nitrogens with one attached hydrogen (secondary N) is 1. The monoisotopic (exact) mass is 210 g/mol. The van der Waals surface area contributed by atoms with Crippen molar-refractivity contribution < 1.29 is 4.79 Å². The third-order valence-corrected chi connectivity index (χ3v) is 3.51. The highest BCUT2D eigenvalue weighted by atomic mass is 16.2. The lowest BCUT2D eigenvalue weighted by atomic mass is 10.0. The van der Waals surface area contributed by atoms with Crippen LogP contribution < -0.4 is 5.32 Å². The fourth-order valence-corrected chi connectivity index (χ4v) is 2.42. The van der Waals surface area contributed by atoms with Gasteiger partial charge in [0.25, 0.3) is 0 Å². The fraction of sp³-hybridized carbons (Fsp3) is 0.917. The minimum absolute atomic E-state index is 0.234. The predicted octanol–water partition coefficient (Wildman–Crippen LogP) is 1.53. The van der Waals surface area contributed by atoms with Crippen molar-refractivity contribution >= 4 is 5.91 Å². The first kappa shape index (κ1) is 10.9. The zero-order valence-corrected chi connectivity index (χ0v) is 9.67. The average molecular weight is 210 g/mol. The van der Waals surface area contributed by atoms with Crippen molar-refractivity contribution in [3.63, 3.8) is 0 Å². The van der Waals surface area contributed by atoms with Crippen LogP contribution in [0.4, 0.5) is 0 Å². The van der Waals surface area contributed by atoms with Crippen LogP contribution in [0, 0.1) is 0 Å². The first-order chi connectivity index (χ1) is 7.29. The van der Waals surface area contributed by atoms with Gasteiger partial charge in [-0.3, -0.25) is 9.69 Å². The molecule has 1 amide bonds. The molecule has 2 aliphatic rings. The maximum absolute atomic E-state index is 11.7. The molecule has 15 heavy (non-hydrogen) atoms. The van der Waals surface area contributed by atoms with Crippen LogP contribution in [0.15, 0.2) is 0 Å². The van der Waals surface area contributed by atoms with E-state index in [1.54, 1.807) is 0 Å². The zero-order chi connectivity index (χ0) is 10.7. The van der Waals surface area contributed by atoms with Gasteiger partial charge in [0, 0.05) is 12.1 Å². The number of piperidine rings is 1. The third kappa shape index (κ3) is 3.20. The third-order valence-electron chi connectivity index (χ3n) is 3.51. The molecule has 1 saturated carbocycles. The largest absolute Gasteiger partial charge is 0.352 e. The second-order valence-corrected chi connectivity index (χ2v) is 4.87. The first-order valence-corrected chi connectivity index (χ1v) is 6.33. The number of likely N-dealkylation sites (tertiary alicyclic amines) is 1. The van der Waals surface area contributed by atoms with E-state index in [2.05, 4.69) is 17.1 Å². The molecule has 0 aromatic carbocycles. The molecule has 2 rings (SSSR count). The van der Waals surface area contributed by atoms with Crippen molar-refractivity contribution in [2.24, 2.45) is 0 Å². The van der Waals surface area contributed by atoms with Gasteiger partial charge in [-0.15, -0.1) is 0 Å². The van der Waals surface area contributed by atoms with E-state index >= 15 is 0 Å². The van der Waals surface area contributed by atoms with E-state index in [1.807, 2.05) is 0 Å². The van der Waals surface area contributed by atoms with E-state index in [4.69, 9.17) is 0 Å². The number of rotatable bonds is 4. The van der Waals surface area contributed by atoms with E-state index in [1.165, 1.54) is 38.5 Å². The molecule has 1 aliphatic heterocycles. The lowest BCUT2D eigenvalue weighted by Gasteiger charge is -2.34. The Hall–Kier alpha value is -0.570. The predicted molar refractivity (Wildman–Crippen MR) is 60.7 cm³/mol. The van der Waals surface area contributed by atoms with Gasteiger partial charge in [0.15, 0.2) is 0 Å². The molecule has 1 heterocycles. The van der Waals surface area contributed by atoms with E-state index < -0.39 is 0 Å². The van der Waals surface area contributed by atoms with Crippen LogP contribution >= 0.6 is 0 Å². The summed E-state index contributed by atoms with van der Waals surface area (Å²) in [5.41, 5.74) is 0. The lowest BCUT2D eigenvalue weighted by Crippen LogP contribution is -2.45. The summed E-state index contributed by atoms with van der Waals surface area (Å²) in [4.78, 5) is 14.0. The topological polar surface area (TPSA) is 32.3 Å². The van der Waals surface area contributed by atoms with Gasteiger partial charge in [-0.25, -0.2) is 0 Å². The standard InChI is InChI=1S/C12H22N2O/c1-2-11-5-3-4-8-14(11)9-12(15)13-10-6-7-10/h10-11H,2-9H2,1H3,(H,13,15). The Morgan fingerprint density at radius 3 is 2.80 bits per heavy atom. The van der Waals surface area contributed by atoms with Crippen LogP contribution in [0.3, 0.4) is 0 Å². The SMILES string of the molecule is CCC1CCCCN1CC(=O)NC1CC1. The van der Waals surface area contributed by atoms with Crippen LogP contribution in [0.25, 0.3) is 0 Å².